The number of nitrogens with one attached hydrogen (secondary N) is 1. The molecule has 0 spiro atoms. The van der Waals surface area contributed by atoms with Crippen LogP contribution in [0.5, 0.6) is 0 Å². The Labute approximate surface area is 116 Å². The van der Waals surface area contributed by atoms with Gasteiger partial charge in [-0.1, -0.05) is 23.8 Å². The van der Waals surface area contributed by atoms with Crippen molar-refractivity contribution >= 4 is 11.6 Å². The van der Waals surface area contributed by atoms with E-state index in [0.717, 1.165) is 28.8 Å². The van der Waals surface area contributed by atoms with Crippen molar-refractivity contribution in [1.82, 2.24) is 0 Å². The van der Waals surface area contributed by atoms with E-state index in [4.69, 9.17) is 0 Å². The maximum Gasteiger partial charge on any atom is 0.261 e. The quantitative estimate of drug-likeness (QED) is 0.876. The number of carbonyl (C=O) groups is 1. The van der Waals surface area contributed by atoms with Crippen LogP contribution in [-0.4, -0.2) is 5.91 Å². The van der Waals surface area contributed by atoms with Crippen LogP contribution in [0.4, 0.5) is 14.5 Å². The summed E-state index contributed by atoms with van der Waals surface area (Å²) in [5, 5.41) is 2.58. The maximum atomic E-state index is 13.6. The second-order valence-electron chi connectivity index (χ2n) is 4.82. The molecule has 0 aliphatic carbocycles. The Bertz CT molecular complexity index is 637. The summed E-state index contributed by atoms with van der Waals surface area (Å²) in [6, 6.07) is 7.16. The maximum absolute atomic E-state index is 13.6. The van der Waals surface area contributed by atoms with Crippen LogP contribution in [0, 0.1) is 32.4 Å². The molecule has 2 aromatic rings. The molecule has 0 heterocycles. The Kier molecular flexibility index (Phi) is 3.84. The molecule has 0 aliphatic heterocycles. The Balaban J connectivity index is 2.38. The molecule has 2 nitrogen and oxygen atoms in total. The van der Waals surface area contributed by atoms with E-state index < -0.39 is 23.1 Å². The van der Waals surface area contributed by atoms with Crippen molar-refractivity contribution in [2.45, 2.75) is 20.8 Å². The summed E-state index contributed by atoms with van der Waals surface area (Å²) < 4.78 is 27.1. The minimum Gasteiger partial charge on any atom is -0.321 e. The molecule has 0 aromatic heterocycles. The van der Waals surface area contributed by atoms with Crippen molar-refractivity contribution in [1.29, 1.82) is 0 Å². The van der Waals surface area contributed by atoms with E-state index in [2.05, 4.69) is 5.32 Å². The lowest BCUT2D eigenvalue weighted by atomic mass is 10.0. The number of hydrogen-bond acceptors (Lipinski definition) is 1. The molecule has 104 valence electrons. The van der Waals surface area contributed by atoms with Gasteiger partial charge >= 0.3 is 0 Å². The summed E-state index contributed by atoms with van der Waals surface area (Å²) in [6.07, 6.45) is 0. The third-order valence-electron chi connectivity index (χ3n) is 3.11. The third kappa shape index (κ3) is 2.69. The molecule has 0 unspecified atom stereocenters. The molecule has 0 radical (unpaired) electrons. The van der Waals surface area contributed by atoms with Crippen LogP contribution in [-0.2, 0) is 0 Å². The van der Waals surface area contributed by atoms with Crippen LogP contribution in [0.15, 0.2) is 30.3 Å². The highest BCUT2D eigenvalue weighted by Crippen LogP contribution is 2.23. The van der Waals surface area contributed by atoms with Crippen LogP contribution in [0.25, 0.3) is 0 Å². The van der Waals surface area contributed by atoms with Crippen molar-refractivity contribution in [2.24, 2.45) is 0 Å². The highest BCUT2D eigenvalue weighted by atomic mass is 19.1. The van der Waals surface area contributed by atoms with Gasteiger partial charge in [0.1, 0.15) is 17.2 Å². The molecular formula is C16H15F2NO. The van der Waals surface area contributed by atoms with Gasteiger partial charge in [-0.15, -0.1) is 0 Å². The molecule has 2 aromatic carbocycles. The van der Waals surface area contributed by atoms with Crippen molar-refractivity contribution in [3.05, 3.63) is 64.2 Å². The van der Waals surface area contributed by atoms with Gasteiger partial charge in [0.05, 0.1) is 0 Å². The summed E-state index contributed by atoms with van der Waals surface area (Å²) in [6.45, 7) is 5.63. The van der Waals surface area contributed by atoms with Crippen molar-refractivity contribution in [3.8, 4) is 0 Å². The predicted molar refractivity (Wildman–Crippen MR) is 75.0 cm³/mol. The van der Waals surface area contributed by atoms with Crippen LogP contribution in [0.3, 0.4) is 0 Å². The molecule has 0 saturated heterocycles. The lowest BCUT2D eigenvalue weighted by Crippen LogP contribution is -2.17. The minimum atomic E-state index is -0.870. The summed E-state index contributed by atoms with van der Waals surface area (Å²) >= 11 is 0. The lowest BCUT2D eigenvalue weighted by molar-refractivity contribution is 0.101. The first-order chi connectivity index (χ1) is 9.40. The van der Waals surface area contributed by atoms with Gasteiger partial charge in [0.2, 0.25) is 0 Å². The van der Waals surface area contributed by atoms with Gasteiger partial charge in [-0.3, -0.25) is 4.79 Å². The van der Waals surface area contributed by atoms with Crippen molar-refractivity contribution in [2.75, 3.05) is 5.32 Å². The molecule has 1 N–H and O–H groups in total. The number of aryl methyl sites for hydroxylation is 3. The summed E-state index contributed by atoms with van der Waals surface area (Å²) in [5.41, 5.74) is 2.80. The Hall–Kier alpha value is -2.23. The van der Waals surface area contributed by atoms with E-state index in [-0.39, 0.29) is 0 Å². The Morgan fingerprint density at radius 1 is 1.00 bits per heavy atom. The number of benzene rings is 2. The van der Waals surface area contributed by atoms with E-state index in [0.29, 0.717) is 5.69 Å². The van der Waals surface area contributed by atoms with Gasteiger partial charge in [0, 0.05) is 5.69 Å². The molecule has 4 heteroatoms. The van der Waals surface area contributed by atoms with Gasteiger partial charge in [0.15, 0.2) is 0 Å². The SMILES string of the molecule is Cc1cc(C)c(NC(=O)c2c(F)cccc2F)c(C)c1. The van der Waals surface area contributed by atoms with Crippen LogP contribution < -0.4 is 5.32 Å². The van der Waals surface area contributed by atoms with Crippen LogP contribution >= 0.6 is 0 Å². The zero-order valence-electron chi connectivity index (χ0n) is 11.6. The molecule has 1 amide bonds. The zero-order chi connectivity index (χ0) is 14.9. The first-order valence-electron chi connectivity index (χ1n) is 6.23. The second kappa shape index (κ2) is 5.41. The zero-order valence-corrected chi connectivity index (χ0v) is 11.6. The van der Waals surface area contributed by atoms with Gasteiger partial charge in [-0.05, 0) is 44.0 Å². The lowest BCUT2D eigenvalue weighted by Gasteiger charge is -2.13. The van der Waals surface area contributed by atoms with Gasteiger partial charge in [0.25, 0.3) is 5.91 Å². The van der Waals surface area contributed by atoms with Gasteiger partial charge < -0.3 is 5.32 Å². The molecular weight excluding hydrogens is 260 g/mol. The smallest absolute Gasteiger partial charge is 0.261 e. The highest BCUT2D eigenvalue weighted by Gasteiger charge is 2.18. The number of rotatable bonds is 2. The molecule has 2 rings (SSSR count). The Morgan fingerprint density at radius 2 is 1.50 bits per heavy atom. The summed E-state index contributed by atoms with van der Waals surface area (Å²) in [7, 11) is 0. The van der Waals surface area contributed by atoms with E-state index in [9.17, 15) is 13.6 Å². The first-order valence-corrected chi connectivity index (χ1v) is 6.23. The highest BCUT2D eigenvalue weighted by molar-refractivity contribution is 6.05. The fourth-order valence-corrected chi connectivity index (χ4v) is 2.27. The fraction of sp³-hybridized carbons (Fsp3) is 0.188. The third-order valence-corrected chi connectivity index (χ3v) is 3.11. The van der Waals surface area contributed by atoms with E-state index in [1.165, 1.54) is 6.07 Å². The monoisotopic (exact) mass is 275 g/mol. The number of hydrogen-bond donors (Lipinski definition) is 1. The van der Waals surface area contributed by atoms with Gasteiger partial charge in [-0.25, -0.2) is 8.78 Å². The summed E-state index contributed by atoms with van der Waals surface area (Å²) in [5.74, 6) is -2.52. The van der Waals surface area contributed by atoms with Crippen molar-refractivity contribution in [3.63, 3.8) is 0 Å². The van der Waals surface area contributed by atoms with Crippen LogP contribution in [0.1, 0.15) is 27.0 Å². The molecule has 0 bridgehead atoms. The average Bonchev–Trinajstić information content (AvgIpc) is 2.33. The van der Waals surface area contributed by atoms with E-state index in [1.807, 2.05) is 32.9 Å². The number of halogens is 2. The van der Waals surface area contributed by atoms with E-state index in [1.54, 1.807) is 0 Å². The first kappa shape index (κ1) is 14.2. The van der Waals surface area contributed by atoms with Crippen LogP contribution in [0.2, 0.25) is 0 Å². The number of carbonyl (C=O) groups excluding carboxylic acids is 1. The molecule has 0 saturated carbocycles. The fourth-order valence-electron chi connectivity index (χ4n) is 2.27. The molecule has 0 fully saturated rings. The second-order valence-corrected chi connectivity index (χ2v) is 4.82. The van der Waals surface area contributed by atoms with Crippen molar-refractivity contribution < 1.29 is 13.6 Å². The topological polar surface area (TPSA) is 29.1 Å². The standard InChI is InChI=1S/C16H15F2NO/c1-9-7-10(2)15(11(3)8-9)19-16(20)14-12(17)5-4-6-13(14)18/h4-8H,1-3H3,(H,19,20). The minimum absolute atomic E-state index is 0.563. The number of anilines is 1. The molecule has 0 aliphatic rings. The largest absolute Gasteiger partial charge is 0.321 e. The predicted octanol–water partition coefficient (Wildman–Crippen LogP) is 4.14. The number of amides is 1. The Morgan fingerprint density at radius 3 is 2.00 bits per heavy atom. The molecule has 0 atom stereocenters. The summed E-state index contributed by atoms with van der Waals surface area (Å²) in [4.78, 5) is 12.1. The van der Waals surface area contributed by atoms with E-state index >= 15 is 0 Å². The normalized spacial score (nSPS) is 10.4. The van der Waals surface area contributed by atoms with Gasteiger partial charge in [-0.2, -0.15) is 0 Å². The average molecular weight is 275 g/mol. The molecule has 20 heavy (non-hydrogen) atoms.